The Bertz CT molecular complexity index is 690. The first-order valence-corrected chi connectivity index (χ1v) is 7.76. The Morgan fingerprint density at radius 1 is 1.43 bits per heavy atom. The fraction of sp³-hybridized carbons (Fsp3) is 0.357. The zero-order chi connectivity index (χ0) is 15.0. The van der Waals surface area contributed by atoms with Gasteiger partial charge in [-0.2, -0.15) is 0 Å². The van der Waals surface area contributed by atoms with Crippen molar-refractivity contribution in [3.8, 4) is 10.6 Å². The summed E-state index contributed by atoms with van der Waals surface area (Å²) in [5, 5.41) is 19.8. The van der Waals surface area contributed by atoms with Gasteiger partial charge in [0.05, 0.1) is 10.4 Å². The third kappa shape index (κ3) is 2.61. The van der Waals surface area contributed by atoms with E-state index in [9.17, 15) is 9.90 Å². The number of carbonyl (C=O) groups is 1. The fourth-order valence-electron chi connectivity index (χ4n) is 2.39. The van der Waals surface area contributed by atoms with Crippen molar-refractivity contribution in [2.75, 3.05) is 18.0 Å². The smallest absolute Gasteiger partial charge is 0.311 e. The lowest BCUT2D eigenvalue weighted by Crippen LogP contribution is -2.31. The maximum atomic E-state index is 11.3. The van der Waals surface area contributed by atoms with Crippen molar-refractivity contribution in [3.05, 3.63) is 29.3 Å². The van der Waals surface area contributed by atoms with E-state index in [1.165, 1.54) is 11.3 Å². The minimum absolute atomic E-state index is 0.458. The molecule has 3 rings (SSSR count). The molecule has 1 aromatic heterocycles. The van der Waals surface area contributed by atoms with E-state index in [0.29, 0.717) is 24.5 Å². The van der Waals surface area contributed by atoms with Gasteiger partial charge in [0, 0.05) is 18.7 Å². The monoisotopic (exact) mass is 323 g/mol. The molecule has 1 aromatic carbocycles. The number of carboxylic acids is 1. The highest BCUT2D eigenvalue weighted by Crippen LogP contribution is 2.37. The van der Waals surface area contributed by atoms with E-state index in [-0.39, 0.29) is 0 Å². The summed E-state index contributed by atoms with van der Waals surface area (Å²) in [6.07, 6.45) is 0.614. The molecule has 1 fully saturated rings. The van der Waals surface area contributed by atoms with E-state index >= 15 is 0 Å². The summed E-state index contributed by atoms with van der Waals surface area (Å²) in [7, 11) is 0. The van der Waals surface area contributed by atoms with Crippen LogP contribution in [-0.4, -0.2) is 34.4 Å². The van der Waals surface area contributed by atoms with Crippen molar-refractivity contribution in [2.24, 2.45) is 5.41 Å². The average molecular weight is 324 g/mol. The zero-order valence-corrected chi connectivity index (χ0v) is 13.0. The molecule has 0 spiro atoms. The number of rotatable bonds is 3. The SMILES string of the molecule is CC1(C(=O)O)CCN(c2nnc(-c3ccccc3Cl)s2)C1. The molecule has 0 amide bonds. The van der Waals surface area contributed by atoms with E-state index in [0.717, 1.165) is 15.7 Å². The number of nitrogens with zero attached hydrogens (tertiary/aromatic N) is 3. The Kier molecular flexibility index (Phi) is 3.59. The van der Waals surface area contributed by atoms with Crippen LogP contribution in [0.3, 0.4) is 0 Å². The number of anilines is 1. The van der Waals surface area contributed by atoms with Crippen LogP contribution in [0, 0.1) is 5.41 Å². The van der Waals surface area contributed by atoms with E-state index in [4.69, 9.17) is 11.6 Å². The first kappa shape index (κ1) is 14.3. The van der Waals surface area contributed by atoms with Gasteiger partial charge in [-0.15, -0.1) is 10.2 Å². The molecule has 110 valence electrons. The van der Waals surface area contributed by atoms with Crippen LogP contribution < -0.4 is 4.90 Å². The van der Waals surface area contributed by atoms with Crippen molar-refractivity contribution in [3.63, 3.8) is 0 Å². The van der Waals surface area contributed by atoms with Crippen LogP contribution in [-0.2, 0) is 4.79 Å². The fourth-order valence-corrected chi connectivity index (χ4v) is 3.58. The summed E-state index contributed by atoms with van der Waals surface area (Å²) < 4.78 is 0. The lowest BCUT2D eigenvalue weighted by Gasteiger charge is -2.18. The predicted molar refractivity (Wildman–Crippen MR) is 82.9 cm³/mol. The van der Waals surface area contributed by atoms with Gasteiger partial charge in [-0.1, -0.05) is 41.1 Å². The van der Waals surface area contributed by atoms with Crippen molar-refractivity contribution in [2.45, 2.75) is 13.3 Å². The normalized spacial score (nSPS) is 21.7. The second-order valence-electron chi connectivity index (χ2n) is 5.41. The molecule has 1 atom stereocenters. The first-order chi connectivity index (χ1) is 9.99. The van der Waals surface area contributed by atoms with Crippen molar-refractivity contribution in [1.29, 1.82) is 0 Å². The van der Waals surface area contributed by atoms with Gasteiger partial charge in [-0.3, -0.25) is 4.79 Å². The lowest BCUT2D eigenvalue weighted by atomic mass is 9.90. The highest BCUT2D eigenvalue weighted by molar-refractivity contribution is 7.18. The van der Waals surface area contributed by atoms with Gasteiger partial charge in [0.2, 0.25) is 5.13 Å². The third-order valence-corrected chi connectivity index (χ3v) is 5.13. The van der Waals surface area contributed by atoms with Gasteiger partial charge in [-0.05, 0) is 19.4 Å². The Morgan fingerprint density at radius 2 is 2.19 bits per heavy atom. The summed E-state index contributed by atoms with van der Waals surface area (Å²) in [6.45, 7) is 2.91. The Hall–Kier alpha value is -1.66. The van der Waals surface area contributed by atoms with Crippen LogP contribution >= 0.6 is 22.9 Å². The van der Waals surface area contributed by atoms with E-state index in [2.05, 4.69) is 10.2 Å². The molecule has 21 heavy (non-hydrogen) atoms. The van der Waals surface area contributed by atoms with Gasteiger partial charge < -0.3 is 10.0 Å². The van der Waals surface area contributed by atoms with Crippen LogP contribution in [0.15, 0.2) is 24.3 Å². The van der Waals surface area contributed by atoms with Crippen LogP contribution in [0.1, 0.15) is 13.3 Å². The minimum atomic E-state index is -0.763. The van der Waals surface area contributed by atoms with E-state index < -0.39 is 11.4 Å². The second kappa shape index (κ2) is 5.27. The van der Waals surface area contributed by atoms with Crippen LogP contribution in [0.25, 0.3) is 10.6 Å². The highest BCUT2D eigenvalue weighted by Gasteiger charge is 2.41. The van der Waals surface area contributed by atoms with E-state index in [1.807, 2.05) is 29.2 Å². The molecular weight excluding hydrogens is 310 g/mol. The minimum Gasteiger partial charge on any atom is -0.481 e. The second-order valence-corrected chi connectivity index (χ2v) is 6.77. The predicted octanol–water partition coefficient (Wildman–Crippen LogP) is 3.16. The number of halogens is 1. The lowest BCUT2D eigenvalue weighted by molar-refractivity contribution is -0.146. The van der Waals surface area contributed by atoms with Gasteiger partial charge in [0.1, 0.15) is 0 Å². The Morgan fingerprint density at radius 3 is 2.86 bits per heavy atom. The average Bonchev–Trinajstić information content (AvgIpc) is 3.07. The molecule has 7 heteroatoms. The van der Waals surface area contributed by atoms with Gasteiger partial charge >= 0.3 is 5.97 Å². The topological polar surface area (TPSA) is 66.3 Å². The summed E-state index contributed by atoms with van der Waals surface area (Å²) in [5.74, 6) is -0.763. The molecule has 1 saturated heterocycles. The number of aliphatic carboxylic acids is 1. The molecular formula is C14H14ClN3O2S. The van der Waals surface area contributed by atoms with Gasteiger partial charge in [-0.25, -0.2) is 0 Å². The quantitative estimate of drug-likeness (QED) is 0.939. The van der Waals surface area contributed by atoms with Crippen molar-refractivity contribution >= 4 is 34.0 Å². The number of benzene rings is 1. The zero-order valence-electron chi connectivity index (χ0n) is 11.4. The molecule has 0 radical (unpaired) electrons. The number of hydrogen-bond donors (Lipinski definition) is 1. The molecule has 1 aliphatic heterocycles. The molecule has 1 aliphatic rings. The molecule has 0 saturated carbocycles. The van der Waals surface area contributed by atoms with E-state index in [1.54, 1.807) is 6.92 Å². The molecule has 0 aliphatic carbocycles. The third-order valence-electron chi connectivity index (χ3n) is 3.78. The Labute approximate surface area is 131 Å². The van der Waals surface area contributed by atoms with Gasteiger partial charge in [0.25, 0.3) is 0 Å². The molecule has 1 N–H and O–H groups in total. The maximum absolute atomic E-state index is 11.3. The number of carboxylic acid groups (broad SMARTS) is 1. The largest absolute Gasteiger partial charge is 0.481 e. The standard InChI is InChI=1S/C14H14ClN3O2S/c1-14(12(19)20)6-7-18(8-14)13-17-16-11(21-13)9-4-2-3-5-10(9)15/h2-5H,6-8H2,1H3,(H,19,20). The molecule has 2 heterocycles. The summed E-state index contributed by atoms with van der Waals surface area (Å²) in [4.78, 5) is 13.3. The van der Waals surface area contributed by atoms with Crippen molar-refractivity contribution in [1.82, 2.24) is 10.2 Å². The van der Waals surface area contributed by atoms with Crippen LogP contribution in [0.5, 0.6) is 0 Å². The summed E-state index contributed by atoms with van der Waals surface area (Å²) in [6, 6.07) is 7.49. The highest BCUT2D eigenvalue weighted by atomic mass is 35.5. The summed E-state index contributed by atoms with van der Waals surface area (Å²) in [5.41, 5.74) is 0.138. The summed E-state index contributed by atoms with van der Waals surface area (Å²) >= 11 is 7.60. The molecule has 5 nitrogen and oxygen atoms in total. The molecule has 1 unspecified atom stereocenters. The van der Waals surface area contributed by atoms with Gasteiger partial charge in [0.15, 0.2) is 5.01 Å². The number of aromatic nitrogens is 2. The Balaban J connectivity index is 1.84. The number of hydrogen-bond acceptors (Lipinski definition) is 5. The molecule has 2 aromatic rings. The molecule has 0 bridgehead atoms. The van der Waals surface area contributed by atoms with Crippen LogP contribution in [0.4, 0.5) is 5.13 Å². The van der Waals surface area contributed by atoms with Crippen molar-refractivity contribution < 1.29 is 9.90 Å². The first-order valence-electron chi connectivity index (χ1n) is 6.56. The van der Waals surface area contributed by atoms with Crippen LogP contribution in [0.2, 0.25) is 5.02 Å². The maximum Gasteiger partial charge on any atom is 0.311 e.